The smallest absolute Gasteiger partial charge is 0.263 e. The van der Waals surface area contributed by atoms with Gasteiger partial charge in [0.05, 0.1) is 23.4 Å². The summed E-state index contributed by atoms with van der Waals surface area (Å²) in [5.41, 5.74) is 2.89. The first-order valence-electron chi connectivity index (χ1n) is 5.45. The molecule has 1 aromatic heterocycles. The van der Waals surface area contributed by atoms with Crippen molar-refractivity contribution in [3.8, 4) is 0 Å². The molecule has 0 spiro atoms. The van der Waals surface area contributed by atoms with E-state index in [1.807, 2.05) is 6.92 Å². The Hall–Kier alpha value is -1.11. The molecule has 0 saturated carbocycles. The van der Waals surface area contributed by atoms with Gasteiger partial charge in [0.1, 0.15) is 6.10 Å². The Bertz CT molecular complexity index is 401. The molecule has 17 heavy (non-hydrogen) atoms. The Morgan fingerprint density at radius 3 is 3.12 bits per heavy atom. The van der Waals surface area contributed by atoms with Crippen LogP contribution in [-0.2, 0) is 16.1 Å². The van der Waals surface area contributed by atoms with E-state index in [9.17, 15) is 4.79 Å². The number of amides is 1. The average Bonchev–Trinajstić information content (AvgIpc) is 2.87. The number of hydrogen-bond acceptors (Lipinski definition) is 4. The van der Waals surface area contributed by atoms with Gasteiger partial charge in [-0.25, -0.2) is 5.84 Å². The second-order valence-corrected chi connectivity index (χ2v) is 4.52. The summed E-state index contributed by atoms with van der Waals surface area (Å²) in [7, 11) is 0. The summed E-state index contributed by atoms with van der Waals surface area (Å²) in [5.74, 6) is 4.78. The molecule has 0 aliphatic carbocycles. The van der Waals surface area contributed by atoms with E-state index < -0.39 is 6.10 Å². The van der Waals surface area contributed by atoms with Gasteiger partial charge in [-0.1, -0.05) is 11.6 Å². The standard InChI is InChI=1S/C10H15ClN4O2/c1-6-8(11)5-15(14-6)4-7-2-3-9(17-7)10(16)13-12/h5,7,9H,2-4,12H2,1H3,(H,13,16). The Balaban J connectivity index is 1.91. The van der Waals surface area contributed by atoms with Gasteiger partial charge in [0.25, 0.3) is 5.91 Å². The molecule has 1 aliphatic heterocycles. The van der Waals surface area contributed by atoms with Gasteiger partial charge < -0.3 is 4.74 Å². The Labute approximate surface area is 104 Å². The molecule has 1 amide bonds. The van der Waals surface area contributed by atoms with Crippen molar-refractivity contribution in [1.82, 2.24) is 15.2 Å². The highest BCUT2D eigenvalue weighted by molar-refractivity contribution is 6.31. The zero-order chi connectivity index (χ0) is 12.4. The molecule has 2 heterocycles. The maximum absolute atomic E-state index is 11.3. The second-order valence-electron chi connectivity index (χ2n) is 4.12. The fraction of sp³-hybridized carbons (Fsp3) is 0.600. The summed E-state index contributed by atoms with van der Waals surface area (Å²) in [6.07, 6.45) is 2.79. The monoisotopic (exact) mass is 258 g/mol. The summed E-state index contributed by atoms with van der Waals surface area (Å²) in [6, 6.07) is 0. The van der Waals surface area contributed by atoms with Crippen LogP contribution in [0.2, 0.25) is 5.02 Å². The van der Waals surface area contributed by atoms with Crippen LogP contribution in [0.3, 0.4) is 0 Å². The minimum Gasteiger partial charge on any atom is -0.363 e. The van der Waals surface area contributed by atoms with Crippen molar-refractivity contribution in [2.45, 2.75) is 38.5 Å². The van der Waals surface area contributed by atoms with E-state index in [1.165, 1.54) is 0 Å². The molecule has 3 N–H and O–H groups in total. The summed E-state index contributed by atoms with van der Waals surface area (Å²) >= 11 is 5.91. The van der Waals surface area contributed by atoms with E-state index in [0.717, 1.165) is 12.1 Å². The first kappa shape index (κ1) is 12.3. The molecule has 1 aliphatic rings. The Kier molecular flexibility index (Phi) is 3.66. The number of nitrogens with zero attached hydrogens (tertiary/aromatic N) is 2. The summed E-state index contributed by atoms with van der Waals surface area (Å²) in [6.45, 7) is 2.45. The van der Waals surface area contributed by atoms with Crippen LogP contribution in [-0.4, -0.2) is 27.9 Å². The Morgan fingerprint density at radius 1 is 1.76 bits per heavy atom. The van der Waals surface area contributed by atoms with Crippen LogP contribution in [0.5, 0.6) is 0 Å². The lowest BCUT2D eigenvalue weighted by Gasteiger charge is -2.12. The molecule has 0 bridgehead atoms. The number of ether oxygens (including phenoxy) is 1. The van der Waals surface area contributed by atoms with E-state index in [2.05, 4.69) is 10.5 Å². The minimum atomic E-state index is -0.447. The molecule has 7 heteroatoms. The fourth-order valence-corrected chi connectivity index (χ4v) is 2.07. The number of halogens is 1. The first-order valence-corrected chi connectivity index (χ1v) is 5.83. The molecule has 2 atom stereocenters. The number of nitrogens with two attached hydrogens (primary N) is 1. The quantitative estimate of drug-likeness (QED) is 0.467. The molecule has 2 unspecified atom stereocenters. The number of aryl methyl sites for hydroxylation is 1. The van der Waals surface area contributed by atoms with Crippen LogP contribution in [0.1, 0.15) is 18.5 Å². The molecular weight excluding hydrogens is 244 g/mol. The van der Waals surface area contributed by atoms with Crippen LogP contribution >= 0.6 is 11.6 Å². The molecule has 1 aromatic rings. The van der Waals surface area contributed by atoms with E-state index in [4.69, 9.17) is 22.2 Å². The number of aromatic nitrogens is 2. The van der Waals surface area contributed by atoms with Crippen molar-refractivity contribution in [3.05, 3.63) is 16.9 Å². The maximum Gasteiger partial charge on any atom is 0.263 e. The number of hydrogen-bond donors (Lipinski definition) is 2. The third kappa shape index (κ3) is 2.77. The van der Waals surface area contributed by atoms with Crippen molar-refractivity contribution in [1.29, 1.82) is 0 Å². The predicted octanol–water partition coefficient (Wildman–Crippen LogP) is 0.382. The highest BCUT2D eigenvalue weighted by atomic mass is 35.5. The third-order valence-electron chi connectivity index (χ3n) is 2.82. The van der Waals surface area contributed by atoms with E-state index in [-0.39, 0.29) is 12.0 Å². The lowest BCUT2D eigenvalue weighted by molar-refractivity contribution is -0.132. The average molecular weight is 259 g/mol. The highest BCUT2D eigenvalue weighted by Crippen LogP contribution is 2.22. The van der Waals surface area contributed by atoms with Gasteiger partial charge in [-0.2, -0.15) is 5.10 Å². The number of carbonyl (C=O) groups is 1. The van der Waals surface area contributed by atoms with Crippen LogP contribution in [0, 0.1) is 6.92 Å². The van der Waals surface area contributed by atoms with Crippen molar-refractivity contribution < 1.29 is 9.53 Å². The summed E-state index contributed by atoms with van der Waals surface area (Å²) in [4.78, 5) is 11.3. The molecular formula is C10H15ClN4O2. The lowest BCUT2D eigenvalue weighted by Crippen LogP contribution is -2.39. The minimum absolute atomic E-state index is 0.0207. The summed E-state index contributed by atoms with van der Waals surface area (Å²) < 4.78 is 7.31. The van der Waals surface area contributed by atoms with Crippen molar-refractivity contribution in [2.75, 3.05) is 0 Å². The van der Waals surface area contributed by atoms with Gasteiger partial charge in [0.2, 0.25) is 0 Å². The van der Waals surface area contributed by atoms with Crippen LogP contribution in [0.4, 0.5) is 0 Å². The van der Waals surface area contributed by atoms with Crippen LogP contribution in [0.25, 0.3) is 0 Å². The van der Waals surface area contributed by atoms with Crippen LogP contribution < -0.4 is 11.3 Å². The van der Waals surface area contributed by atoms with Crippen molar-refractivity contribution in [2.24, 2.45) is 5.84 Å². The highest BCUT2D eigenvalue weighted by Gasteiger charge is 2.30. The van der Waals surface area contributed by atoms with Crippen molar-refractivity contribution in [3.63, 3.8) is 0 Å². The van der Waals surface area contributed by atoms with Crippen molar-refractivity contribution >= 4 is 17.5 Å². The van der Waals surface area contributed by atoms with Gasteiger partial charge in [0, 0.05) is 6.20 Å². The second kappa shape index (κ2) is 5.03. The number of nitrogens with one attached hydrogen (secondary N) is 1. The van der Waals surface area contributed by atoms with Gasteiger partial charge in [-0.3, -0.25) is 14.9 Å². The molecule has 94 valence electrons. The lowest BCUT2D eigenvalue weighted by atomic mass is 10.2. The zero-order valence-corrected chi connectivity index (χ0v) is 10.3. The first-order chi connectivity index (χ1) is 8.10. The molecule has 6 nitrogen and oxygen atoms in total. The van der Waals surface area contributed by atoms with E-state index in [1.54, 1.807) is 10.9 Å². The number of hydrazine groups is 1. The Morgan fingerprint density at radius 2 is 2.53 bits per heavy atom. The van der Waals surface area contributed by atoms with E-state index in [0.29, 0.717) is 18.0 Å². The fourth-order valence-electron chi connectivity index (χ4n) is 1.92. The van der Waals surface area contributed by atoms with Crippen LogP contribution in [0.15, 0.2) is 6.20 Å². The van der Waals surface area contributed by atoms with Gasteiger partial charge in [-0.15, -0.1) is 0 Å². The van der Waals surface area contributed by atoms with Gasteiger partial charge >= 0.3 is 0 Å². The topological polar surface area (TPSA) is 82.2 Å². The number of rotatable bonds is 3. The SMILES string of the molecule is Cc1nn(CC2CCC(C(=O)NN)O2)cc1Cl. The predicted molar refractivity (Wildman–Crippen MR) is 62.2 cm³/mol. The third-order valence-corrected chi connectivity index (χ3v) is 3.19. The van der Waals surface area contributed by atoms with Gasteiger partial charge in [-0.05, 0) is 19.8 Å². The maximum atomic E-state index is 11.3. The molecule has 1 fully saturated rings. The zero-order valence-electron chi connectivity index (χ0n) is 9.52. The molecule has 2 rings (SSSR count). The normalized spacial score (nSPS) is 23.9. The molecule has 1 saturated heterocycles. The van der Waals surface area contributed by atoms with E-state index >= 15 is 0 Å². The molecule has 0 aromatic carbocycles. The summed E-state index contributed by atoms with van der Waals surface area (Å²) in [5, 5.41) is 4.88. The van der Waals surface area contributed by atoms with Gasteiger partial charge in [0.15, 0.2) is 0 Å². The largest absolute Gasteiger partial charge is 0.363 e. The number of carbonyl (C=O) groups excluding carboxylic acids is 1. The molecule has 0 radical (unpaired) electrons.